The smallest absolute Gasteiger partial charge is 0.286 e. The molecular formula is C8H6N2O2S. The summed E-state index contributed by atoms with van der Waals surface area (Å²) in [6.45, 7) is 0. The first-order chi connectivity index (χ1) is 6.15. The molecule has 1 aromatic rings. The van der Waals surface area contributed by atoms with E-state index in [4.69, 9.17) is 0 Å². The van der Waals surface area contributed by atoms with E-state index in [9.17, 15) is 9.59 Å². The number of carbonyl (C=O) groups excluding carboxylic acids is 1. The monoisotopic (exact) mass is 194 g/mol. The molecule has 0 saturated heterocycles. The molecular weight excluding hydrogens is 188 g/mol. The molecule has 0 radical (unpaired) electrons. The van der Waals surface area contributed by atoms with Gasteiger partial charge in [-0.15, -0.1) is 0 Å². The van der Waals surface area contributed by atoms with Gasteiger partial charge in [-0.05, 0) is 18.3 Å². The fourth-order valence-corrected chi connectivity index (χ4v) is 0.870. The van der Waals surface area contributed by atoms with Crippen LogP contribution < -0.4 is 5.56 Å². The molecule has 0 N–H and O–H groups in total. The third-order valence-electron chi connectivity index (χ3n) is 1.50. The number of hydrogen-bond acceptors (Lipinski definition) is 3. The number of amides is 1. The van der Waals surface area contributed by atoms with Crippen molar-refractivity contribution in [3.05, 3.63) is 34.2 Å². The summed E-state index contributed by atoms with van der Waals surface area (Å²) >= 11 is 4.27. The van der Waals surface area contributed by atoms with E-state index >= 15 is 0 Å². The summed E-state index contributed by atoms with van der Waals surface area (Å²) in [4.78, 5) is 25.4. The van der Waals surface area contributed by atoms with Gasteiger partial charge in [0.25, 0.3) is 11.5 Å². The molecule has 1 heterocycles. The number of aryl methyl sites for hydroxylation is 1. The summed E-state index contributed by atoms with van der Waals surface area (Å²) < 4.78 is 1.36. The Balaban J connectivity index is 3.18. The number of aliphatic imine (C=N–C) groups is 1. The van der Waals surface area contributed by atoms with Gasteiger partial charge in [0.05, 0.1) is 5.16 Å². The second-order valence-electron chi connectivity index (χ2n) is 2.37. The predicted molar refractivity (Wildman–Crippen MR) is 51.0 cm³/mol. The number of aromatic nitrogens is 1. The second-order valence-corrected chi connectivity index (χ2v) is 2.56. The van der Waals surface area contributed by atoms with Gasteiger partial charge >= 0.3 is 0 Å². The van der Waals surface area contributed by atoms with E-state index in [0.717, 1.165) is 0 Å². The van der Waals surface area contributed by atoms with Crippen LogP contribution in [0.15, 0.2) is 28.1 Å². The maximum atomic E-state index is 11.1. The van der Waals surface area contributed by atoms with Gasteiger partial charge in [0.1, 0.15) is 0 Å². The lowest BCUT2D eigenvalue weighted by Gasteiger charge is -1.96. The highest BCUT2D eigenvalue weighted by atomic mass is 32.1. The average molecular weight is 194 g/mol. The summed E-state index contributed by atoms with van der Waals surface area (Å²) in [5.41, 5.74) is -0.0362. The Morgan fingerprint density at radius 2 is 2.38 bits per heavy atom. The van der Waals surface area contributed by atoms with Crippen molar-refractivity contribution < 1.29 is 4.79 Å². The third kappa shape index (κ3) is 2.18. The number of rotatable bonds is 1. The molecule has 4 nitrogen and oxygen atoms in total. The van der Waals surface area contributed by atoms with E-state index in [1.807, 2.05) is 5.16 Å². The molecule has 0 bridgehead atoms. The fourth-order valence-electron chi connectivity index (χ4n) is 0.788. The van der Waals surface area contributed by atoms with Crippen molar-refractivity contribution >= 4 is 23.3 Å². The molecule has 5 heteroatoms. The summed E-state index contributed by atoms with van der Waals surface area (Å²) in [6, 6.07) is 2.71. The van der Waals surface area contributed by atoms with Gasteiger partial charge in [0.2, 0.25) is 0 Å². The summed E-state index contributed by atoms with van der Waals surface area (Å²) in [5.74, 6) is -0.548. The summed E-state index contributed by atoms with van der Waals surface area (Å²) in [5, 5.41) is 1.95. The van der Waals surface area contributed by atoms with Crippen molar-refractivity contribution in [1.29, 1.82) is 0 Å². The first kappa shape index (κ1) is 9.51. The number of thiocarbonyl (C=S) groups is 1. The number of carbonyl (C=O) groups is 1. The minimum atomic E-state index is -0.548. The van der Waals surface area contributed by atoms with Crippen molar-refractivity contribution in [1.82, 2.24) is 4.57 Å². The van der Waals surface area contributed by atoms with Crippen LogP contribution in [-0.4, -0.2) is 15.6 Å². The van der Waals surface area contributed by atoms with Crippen LogP contribution in [0, 0.1) is 0 Å². The maximum absolute atomic E-state index is 11.1. The topological polar surface area (TPSA) is 51.4 Å². The highest BCUT2D eigenvalue weighted by Crippen LogP contribution is 1.96. The van der Waals surface area contributed by atoms with E-state index in [1.165, 1.54) is 22.9 Å². The molecule has 0 saturated carbocycles. The molecule has 0 unspecified atom stereocenters. The zero-order chi connectivity index (χ0) is 9.84. The Bertz CT molecular complexity index is 444. The van der Waals surface area contributed by atoms with Gasteiger partial charge in [-0.3, -0.25) is 9.59 Å². The lowest BCUT2D eigenvalue weighted by atomic mass is 10.2. The minimum Gasteiger partial charge on any atom is -0.319 e. The van der Waals surface area contributed by atoms with E-state index in [0.29, 0.717) is 0 Å². The quantitative estimate of drug-likeness (QED) is 0.486. The number of nitrogens with zero attached hydrogens (tertiary/aromatic N) is 2. The van der Waals surface area contributed by atoms with Crippen LogP contribution in [0.5, 0.6) is 0 Å². The van der Waals surface area contributed by atoms with E-state index in [2.05, 4.69) is 17.2 Å². The van der Waals surface area contributed by atoms with Gasteiger partial charge in [0.15, 0.2) is 0 Å². The number of pyridine rings is 1. The Morgan fingerprint density at radius 1 is 1.69 bits per heavy atom. The van der Waals surface area contributed by atoms with Crippen molar-refractivity contribution in [2.45, 2.75) is 0 Å². The Kier molecular flexibility index (Phi) is 2.84. The molecule has 0 aliphatic heterocycles. The molecule has 0 fully saturated rings. The summed E-state index contributed by atoms with van der Waals surface area (Å²) in [7, 11) is 1.60. The number of hydrogen-bond donors (Lipinski definition) is 0. The lowest BCUT2D eigenvalue weighted by Crippen LogP contribution is -2.16. The zero-order valence-electron chi connectivity index (χ0n) is 6.85. The Hall–Kier alpha value is -1.58. The van der Waals surface area contributed by atoms with Gasteiger partial charge < -0.3 is 4.57 Å². The first-order valence-electron chi connectivity index (χ1n) is 3.44. The van der Waals surface area contributed by atoms with Crippen molar-refractivity contribution in [3.8, 4) is 0 Å². The molecule has 1 rings (SSSR count). The highest BCUT2D eigenvalue weighted by Gasteiger charge is 2.03. The van der Waals surface area contributed by atoms with Crippen LogP contribution in [0.2, 0.25) is 0 Å². The van der Waals surface area contributed by atoms with E-state index in [1.54, 1.807) is 7.05 Å². The molecule has 0 aromatic carbocycles. The largest absolute Gasteiger partial charge is 0.319 e. The van der Waals surface area contributed by atoms with E-state index in [-0.39, 0.29) is 11.1 Å². The highest BCUT2D eigenvalue weighted by molar-refractivity contribution is 7.78. The second kappa shape index (κ2) is 3.89. The van der Waals surface area contributed by atoms with Crippen molar-refractivity contribution in [2.24, 2.45) is 12.0 Å². The molecule has 0 aliphatic carbocycles. The van der Waals surface area contributed by atoms with Gasteiger partial charge in [-0.1, -0.05) is 0 Å². The van der Waals surface area contributed by atoms with Gasteiger partial charge in [0, 0.05) is 24.9 Å². The van der Waals surface area contributed by atoms with Crippen LogP contribution in [-0.2, 0) is 7.05 Å². The van der Waals surface area contributed by atoms with Crippen LogP contribution in [0.4, 0.5) is 0 Å². The first-order valence-corrected chi connectivity index (χ1v) is 3.85. The number of isothiocyanates is 1. The minimum absolute atomic E-state index is 0.223. The molecule has 66 valence electrons. The molecule has 13 heavy (non-hydrogen) atoms. The van der Waals surface area contributed by atoms with Crippen molar-refractivity contribution in [2.75, 3.05) is 0 Å². The van der Waals surface area contributed by atoms with Crippen LogP contribution >= 0.6 is 12.2 Å². The van der Waals surface area contributed by atoms with Crippen LogP contribution in [0.3, 0.4) is 0 Å². The summed E-state index contributed by atoms with van der Waals surface area (Å²) in [6.07, 6.45) is 1.49. The molecule has 1 aromatic heterocycles. The van der Waals surface area contributed by atoms with Crippen molar-refractivity contribution in [3.63, 3.8) is 0 Å². The Morgan fingerprint density at radius 3 is 2.92 bits per heavy atom. The average Bonchev–Trinajstić information content (AvgIpc) is 2.10. The zero-order valence-corrected chi connectivity index (χ0v) is 7.67. The normalized spacial score (nSPS) is 9.00. The maximum Gasteiger partial charge on any atom is 0.286 e. The van der Waals surface area contributed by atoms with Gasteiger partial charge in [-0.25, -0.2) is 0 Å². The van der Waals surface area contributed by atoms with Crippen LogP contribution in [0.1, 0.15) is 10.4 Å². The SMILES string of the molecule is Cn1ccc(C(=O)N=C=S)cc1=O. The fraction of sp³-hybridized carbons (Fsp3) is 0.125. The molecule has 1 amide bonds. The Labute approximate surface area is 79.5 Å². The van der Waals surface area contributed by atoms with E-state index < -0.39 is 5.91 Å². The third-order valence-corrected chi connectivity index (χ3v) is 1.59. The molecule has 0 spiro atoms. The molecule has 0 aliphatic rings. The lowest BCUT2D eigenvalue weighted by molar-refractivity contribution is 0.100. The predicted octanol–water partition coefficient (Wildman–Crippen LogP) is 0.628. The van der Waals surface area contributed by atoms with Gasteiger partial charge in [-0.2, -0.15) is 4.99 Å². The standard InChI is InChI=1S/C8H6N2O2S/c1-10-3-2-6(4-7(10)11)8(12)9-5-13/h2-4H,1H3. The molecule has 0 atom stereocenters. The van der Waals surface area contributed by atoms with Crippen LogP contribution in [0.25, 0.3) is 0 Å².